The van der Waals surface area contributed by atoms with E-state index in [0.717, 1.165) is 17.0 Å². The first kappa shape index (κ1) is 13.7. The van der Waals surface area contributed by atoms with E-state index in [-0.39, 0.29) is 0 Å². The molecule has 4 nitrogen and oxygen atoms in total. The fraction of sp³-hybridized carbons (Fsp3) is 0. The number of rotatable bonds is 2. The monoisotopic (exact) mass is 282 g/mol. The number of aliphatic carboxylic acids is 1. The van der Waals surface area contributed by atoms with Gasteiger partial charge in [0.25, 0.3) is 5.69 Å². The summed E-state index contributed by atoms with van der Waals surface area (Å²) in [7, 11) is 0. The molecule has 20 heavy (non-hydrogen) atoms. The van der Waals surface area contributed by atoms with Crippen molar-refractivity contribution < 1.29 is 32.4 Å². The highest BCUT2D eigenvalue weighted by atomic mass is 19.2. The molecule has 102 valence electrons. The highest BCUT2D eigenvalue weighted by Gasteiger charge is 2.38. The Hall–Kier alpha value is -2.70. The highest BCUT2D eigenvalue weighted by Crippen LogP contribution is 2.32. The molecule has 7 heteroatoms. The van der Waals surface area contributed by atoms with Crippen LogP contribution in [0, 0.1) is 17.5 Å². The number of hydrogen-bond acceptors (Lipinski definition) is 2. The largest absolute Gasteiger partial charge is 0.477 e. The maximum absolute atomic E-state index is 13.8. The van der Waals surface area contributed by atoms with Crippen LogP contribution in [0.5, 0.6) is 0 Å². The fourth-order valence-corrected chi connectivity index (χ4v) is 1.80. The molecule has 0 spiro atoms. The molecular formula is C13H7F3NO3+. The van der Waals surface area contributed by atoms with Crippen LogP contribution in [-0.4, -0.2) is 27.6 Å². The third kappa shape index (κ3) is 1.93. The van der Waals surface area contributed by atoms with Gasteiger partial charge in [-0.1, -0.05) is 6.58 Å². The van der Waals surface area contributed by atoms with Crippen molar-refractivity contribution in [2.24, 2.45) is 0 Å². The average molecular weight is 282 g/mol. The van der Waals surface area contributed by atoms with Gasteiger partial charge in [-0.3, -0.25) is 4.79 Å². The van der Waals surface area contributed by atoms with Crippen molar-refractivity contribution in [2.75, 3.05) is 0 Å². The second kappa shape index (κ2) is 4.76. The van der Waals surface area contributed by atoms with Crippen LogP contribution in [0.3, 0.4) is 0 Å². The Morgan fingerprint density at radius 2 is 1.95 bits per heavy atom. The van der Waals surface area contributed by atoms with E-state index in [2.05, 4.69) is 6.58 Å². The van der Waals surface area contributed by atoms with Gasteiger partial charge < -0.3 is 5.11 Å². The van der Waals surface area contributed by atoms with E-state index in [4.69, 9.17) is 5.11 Å². The molecule has 0 radical (unpaired) electrons. The van der Waals surface area contributed by atoms with Gasteiger partial charge in [0, 0.05) is 0 Å². The molecule has 1 heterocycles. The third-order valence-corrected chi connectivity index (χ3v) is 2.65. The molecule has 0 amide bonds. The average Bonchev–Trinajstić information content (AvgIpc) is 2.39. The number of carbonyl (C=O) groups is 2. The fourth-order valence-electron chi connectivity index (χ4n) is 1.80. The minimum atomic E-state index is -1.74. The summed E-state index contributed by atoms with van der Waals surface area (Å²) < 4.78 is 41.1. The lowest BCUT2D eigenvalue weighted by Crippen LogP contribution is -2.23. The number of carboxylic acid groups (broad SMARTS) is 1. The lowest BCUT2D eigenvalue weighted by atomic mass is 9.98. The zero-order valence-corrected chi connectivity index (χ0v) is 9.86. The topological polar surface area (TPSA) is 57.4 Å². The first-order valence-electron chi connectivity index (χ1n) is 5.30. The minimum Gasteiger partial charge on any atom is -0.477 e. The van der Waals surface area contributed by atoms with Gasteiger partial charge in [-0.05, 0) is 12.1 Å². The molecule has 1 aliphatic rings. The summed E-state index contributed by atoms with van der Waals surface area (Å²) >= 11 is 0. The third-order valence-electron chi connectivity index (χ3n) is 2.65. The molecule has 0 saturated heterocycles. The summed E-state index contributed by atoms with van der Waals surface area (Å²) in [6.45, 7) is 3.34. The molecule has 0 unspecified atom stereocenters. The van der Waals surface area contributed by atoms with E-state index in [1.807, 2.05) is 0 Å². The Kier molecular flexibility index (Phi) is 3.27. The van der Waals surface area contributed by atoms with Crippen molar-refractivity contribution in [3.8, 4) is 0 Å². The van der Waals surface area contributed by atoms with Crippen molar-refractivity contribution in [3.05, 3.63) is 53.5 Å². The SMILES string of the molecule is C=CC=[N+]1C=C(C(=O)O)C(=O)c2cc(F)c(F)c(F)c21. The van der Waals surface area contributed by atoms with Crippen LogP contribution < -0.4 is 0 Å². The van der Waals surface area contributed by atoms with Crippen molar-refractivity contribution >= 4 is 23.7 Å². The number of ketones is 1. The van der Waals surface area contributed by atoms with E-state index in [0.29, 0.717) is 6.07 Å². The van der Waals surface area contributed by atoms with E-state index in [9.17, 15) is 22.8 Å². The van der Waals surface area contributed by atoms with Gasteiger partial charge in [0.1, 0.15) is 5.56 Å². The predicted molar refractivity (Wildman–Crippen MR) is 62.5 cm³/mol. The number of allylic oxidation sites excluding steroid dienone is 1. The number of carboxylic acids is 1. The molecule has 0 aromatic heterocycles. The van der Waals surface area contributed by atoms with Crippen molar-refractivity contribution in [1.82, 2.24) is 0 Å². The first-order valence-corrected chi connectivity index (χ1v) is 5.30. The van der Waals surface area contributed by atoms with Crippen molar-refractivity contribution in [2.45, 2.75) is 0 Å². The molecular weight excluding hydrogens is 275 g/mol. The zero-order valence-electron chi connectivity index (χ0n) is 9.86. The number of fused-ring (bicyclic) bond motifs is 1. The highest BCUT2D eigenvalue weighted by molar-refractivity contribution is 6.25. The van der Waals surface area contributed by atoms with Crippen LogP contribution in [0.15, 0.2) is 30.5 Å². The zero-order chi connectivity index (χ0) is 15.0. The molecule has 0 bridgehead atoms. The number of halogens is 3. The van der Waals surface area contributed by atoms with Crippen LogP contribution >= 0.6 is 0 Å². The van der Waals surface area contributed by atoms with Gasteiger partial charge in [-0.2, -0.15) is 8.97 Å². The van der Waals surface area contributed by atoms with Gasteiger partial charge in [-0.25, -0.2) is 13.6 Å². The molecule has 2 rings (SSSR count). The summed E-state index contributed by atoms with van der Waals surface area (Å²) in [6.07, 6.45) is 3.11. The Bertz CT molecular complexity index is 720. The Balaban J connectivity index is 2.85. The summed E-state index contributed by atoms with van der Waals surface area (Å²) in [6, 6.07) is 0.468. The molecule has 0 fully saturated rings. The molecule has 0 saturated carbocycles. The smallest absolute Gasteiger partial charge is 0.345 e. The minimum absolute atomic E-state index is 0.468. The second-order valence-corrected chi connectivity index (χ2v) is 3.85. The number of hydrogen-bond donors (Lipinski definition) is 1. The first-order chi connectivity index (χ1) is 9.38. The lowest BCUT2D eigenvalue weighted by Gasteiger charge is -2.12. The maximum Gasteiger partial charge on any atom is 0.345 e. The van der Waals surface area contributed by atoms with Crippen LogP contribution in [0.2, 0.25) is 0 Å². The van der Waals surface area contributed by atoms with Crippen LogP contribution in [-0.2, 0) is 4.79 Å². The number of Topliss-reactive ketones (excluding diaryl/α,β-unsaturated/α-hetero) is 1. The molecule has 1 aromatic rings. The normalized spacial score (nSPS) is 15.8. The Morgan fingerprint density at radius 1 is 1.30 bits per heavy atom. The summed E-state index contributed by atoms with van der Waals surface area (Å²) in [5.41, 5.74) is -1.82. The van der Waals surface area contributed by atoms with Gasteiger partial charge >= 0.3 is 5.97 Å². The van der Waals surface area contributed by atoms with Gasteiger partial charge in [-0.15, -0.1) is 0 Å². The van der Waals surface area contributed by atoms with Gasteiger partial charge in [0.2, 0.25) is 17.4 Å². The Morgan fingerprint density at radius 3 is 2.50 bits per heavy atom. The lowest BCUT2D eigenvalue weighted by molar-refractivity contribution is -0.359. The van der Waals surface area contributed by atoms with Gasteiger partial charge in [0.05, 0.1) is 0 Å². The van der Waals surface area contributed by atoms with E-state index in [1.54, 1.807) is 0 Å². The van der Waals surface area contributed by atoms with Crippen LogP contribution in [0.4, 0.5) is 18.9 Å². The number of benzene rings is 1. The predicted octanol–water partition coefficient (Wildman–Crippen LogP) is 2.17. The molecule has 1 N–H and O–H groups in total. The van der Waals surface area contributed by atoms with Crippen molar-refractivity contribution in [3.63, 3.8) is 0 Å². The van der Waals surface area contributed by atoms with Crippen molar-refractivity contribution in [1.29, 1.82) is 0 Å². The van der Waals surface area contributed by atoms with E-state index >= 15 is 0 Å². The Labute approximate surface area is 110 Å². The molecule has 0 aliphatic carbocycles. The van der Waals surface area contributed by atoms with Gasteiger partial charge in [0.15, 0.2) is 23.8 Å². The maximum atomic E-state index is 13.8. The summed E-state index contributed by atoms with van der Waals surface area (Å²) in [5, 5.41) is 8.90. The quantitative estimate of drug-likeness (QED) is 0.514. The number of carbonyl (C=O) groups excluding carboxylic acids is 1. The summed E-state index contributed by atoms with van der Waals surface area (Å²) in [5.74, 6) is -7.55. The molecule has 1 aromatic carbocycles. The van der Waals surface area contributed by atoms with E-state index < -0.39 is 46.0 Å². The molecule has 0 atom stereocenters. The summed E-state index contributed by atoms with van der Waals surface area (Å²) in [4.78, 5) is 22.8. The number of nitrogens with zero attached hydrogens (tertiary/aromatic N) is 1. The standard InChI is InChI=1S/C13H6F3NO3/c1-2-3-17-5-7(13(19)20)12(18)6-4-8(14)9(15)10(16)11(6)17/h2-5H,1H2/p+1. The second-order valence-electron chi connectivity index (χ2n) is 3.85. The van der Waals surface area contributed by atoms with E-state index in [1.165, 1.54) is 6.08 Å². The van der Waals surface area contributed by atoms with Crippen LogP contribution in [0.1, 0.15) is 10.4 Å². The molecule has 1 aliphatic heterocycles. The van der Waals surface area contributed by atoms with Crippen LogP contribution in [0.25, 0.3) is 0 Å².